The van der Waals surface area contributed by atoms with Crippen LogP contribution < -0.4 is 0 Å². The van der Waals surface area contributed by atoms with Gasteiger partial charge in [-0.15, -0.1) is 0 Å². The van der Waals surface area contributed by atoms with E-state index in [1.165, 1.54) is 0 Å². The summed E-state index contributed by atoms with van der Waals surface area (Å²) < 4.78 is 5.41. The second kappa shape index (κ2) is 3.92. The average molecular weight is 212 g/mol. The minimum absolute atomic E-state index is 0.00880. The summed E-state index contributed by atoms with van der Waals surface area (Å²) in [5, 5.41) is 18.9. The molecule has 84 valence electrons. The van der Waals surface area contributed by atoms with Gasteiger partial charge in [0, 0.05) is 13.1 Å². The van der Waals surface area contributed by atoms with E-state index in [1.807, 2.05) is 18.7 Å². The van der Waals surface area contributed by atoms with Crippen LogP contribution in [0, 0.1) is 6.92 Å². The normalized spacial score (nSPS) is 29.6. The zero-order valence-electron chi connectivity index (χ0n) is 8.92. The molecule has 0 aliphatic carbocycles. The van der Waals surface area contributed by atoms with Crippen LogP contribution in [-0.4, -0.2) is 45.4 Å². The van der Waals surface area contributed by atoms with Crippen LogP contribution in [0.3, 0.4) is 0 Å². The Labute approximate surface area is 88.3 Å². The van der Waals surface area contributed by atoms with E-state index in [1.54, 1.807) is 6.20 Å². The zero-order valence-corrected chi connectivity index (χ0v) is 8.92. The number of hydrogen-bond donors (Lipinski definition) is 2. The molecule has 15 heavy (non-hydrogen) atoms. The molecule has 0 bridgehead atoms. The van der Waals surface area contributed by atoms with Gasteiger partial charge in [-0.25, -0.2) is 4.98 Å². The van der Waals surface area contributed by atoms with Crippen molar-refractivity contribution in [2.75, 3.05) is 13.1 Å². The Bertz CT molecular complexity index is 329. The van der Waals surface area contributed by atoms with Crippen LogP contribution in [0.4, 0.5) is 0 Å². The first-order valence-electron chi connectivity index (χ1n) is 5.10. The molecule has 5 nitrogen and oxygen atoms in total. The van der Waals surface area contributed by atoms with E-state index in [-0.39, 0.29) is 6.04 Å². The van der Waals surface area contributed by atoms with Crippen molar-refractivity contribution in [3.05, 3.63) is 17.8 Å². The number of oxazole rings is 1. The molecule has 2 N–H and O–H groups in total. The first-order valence-corrected chi connectivity index (χ1v) is 5.10. The third-order valence-electron chi connectivity index (χ3n) is 2.83. The topological polar surface area (TPSA) is 69.7 Å². The Balaban J connectivity index is 2.06. The van der Waals surface area contributed by atoms with Gasteiger partial charge in [0.25, 0.3) is 0 Å². The van der Waals surface area contributed by atoms with Crippen molar-refractivity contribution in [2.45, 2.75) is 32.1 Å². The van der Waals surface area contributed by atoms with Gasteiger partial charge in [0.05, 0.1) is 24.4 Å². The van der Waals surface area contributed by atoms with Gasteiger partial charge in [0.15, 0.2) is 0 Å². The molecule has 3 unspecified atom stereocenters. The molecule has 0 spiro atoms. The maximum absolute atomic E-state index is 9.43. The third kappa shape index (κ3) is 2.04. The fourth-order valence-corrected chi connectivity index (χ4v) is 1.84. The summed E-state index contributed by atoms with van der Waals surface area (Å²) in [6.45, 7) is 4.72. The van der Waals surface area contributed by atoms with Gasteiger partial charge in [0.2, 0.25) is 5.89 Å². The maximum Gasteiger partial charge on any atom is 0.211 e. The van der Waals surface area contributed by atoms with Gasteiger partial charge in [-0.3, -0.25) is 4.90 Å². The molecule has 0 radical (unpaired) electrons. The molecular weight excluding hydrogens is 196 g/mol. The molecule has 0 aromatic carbocycles. The van der Waals surface area contributed by atoms with Crippen molar-refractivity contribution in [1.29, 1.82) is 0 Å². The minimum atomic E-state index is -0.663. The SMILES string of the molecule is Cc1cnc(C(C)N2CC(O)C(O)C2)o1. The van der Waals surface area contributed by atoms with Gasteiger partial charge in [0.1, 0.15) is 5.76 Å². The summed E-state index contributed by atoms with van der Waals surface area (Å²) in [5.74, 6) is 1.41. The highest BCUT2D eigenvalue weighted by molar-refractivity contribution is 4.98. The minimum Gasteiger partial charge on any atom is -0.444 e. The molecule has 3 atom stereocenters. The lowest BCUT2D eigenvalue weighted by Crippen LogP contribution is -2.25. The fraction of sp³-hybridized carbons (Fsp3) is 0.700. The van der Waals surface area contributed by atoms with E-state index in [2.05, 4.69) is 4.98 Å². The maximum atomic E-state index is 9.43. The van der Waals surface area contributed by atoms with Crippen molar-refractivity contribution >= 4 is 0 Å². The lowest BCUT2D eigenvalue weighted by molar-refractivity contribution is 0.0572. The first kappa shape index (κ1) is 10.6. The predicted octanol–water partition coefficient (Wildman–Crippen LogP) is 0.0814. The molecule has 0 saturated carbocycles. The molecule has 1 aliphatic heterocycles. The van der Waals surface area contributed by atoms with Gasteiger partial charge >= 0.3 is 0 Å². The smallest absolute Gasteiger partial charge is 0.211 e. The van der Waals surface area contributed by atoms with Crippen molar-refractivity contribution in [1.82, 2.24) is 9.88 Å². The molecule has 5 heteroatoms. The molecule has 1 saturated heterocycles. The standard InChI is InChI=1S/C10H16N2O3/c1-6-3-11-10(15-6)7(2)12-4-8(13)9(14)5-12/h3,7-9,13-14H,4-5H2,1-2H3. The molecule has 2 rings (SSSR count). The molecule has 0 amide bonds. The van der Waals surface area contributed by atoms with Crippen LogP contribution in [0.2, 0.25) is 0 Å². The molecule has 2 heterocycles. The second-order valence-corrected chi connectivity index (χ2v) is 4.07. The highest BCUT2D eigenvalue weighted by atomic mass is 16.4. The van der Waals surface area contributed by atoms with Crippen LogP contribution in [0.15, 0.2) is 10.6 Å². The number of rotatable bonds is 2. The monoisotopic (exact) mass is 212 g/mol. The highest BCUT2D eigenvalue weighted by Gasteiger charge is 2.34. The third-order valence-corrected chi connectivity index (χ3v) is 2.83. The zero-order chi connectivity index (χ0) is 11.0. The van der Waals surface area contributed by atoms with E-state index in [9.17, 15) is 10.2 Å². The van der Waals surface area contributed by atoms with Crippen molar-refractivity contribution in [3.8, 4) is 0 Å². The van der Waals surface area contributed by atoms with Crippen molar-refractivity contribution in [3.63, 3.8) is 0 Å². The quantitative estimate of drug-likeness (QED) is 0.726. The van der Waals surface area contributed by atoms with Gasteiger partial charge < -0.3 is 14.6 Å². The largest absolute Gasteiger partial charge is 0.444 e. The van der Waals surface area contributed by atoms with Crippen LogP contribution in [-0.2, 0) is 0 Å². The number of aliphatic hydroxyl groups is 2. The Morgan fingerprint density at radius 2 is 2.07 bits per heavy atom. The molecular formula is C10H16N2O3. The Kier molecular flexibility index (Phi) is 2.77. The van der Waals surface area contributed by atoms with Gasteiger partial charge in [-0.05, 0) is 13.8 Å². The lowest BCUT2D eigenvalue weighted by Gasteiger charge is -2.20. The number of β-amino-alcohol motifs (C(OH)–C–C–N with tert-alkyl or cyclic N) is 2. The Morgan fingerprint density at radius 1 is 1.47 bits per heavy atom. The summed E-state index contributed by atoms with van der Waals surface area (Å²) in [7, 11) is 0. The number of aryl methyl sites for hydroxylation is 1. The number of likely N-dealkylation sites (tertiary alicyclic amines) is 1. The summed E-state index contributed by atoms with van der Waals surface area (Å²) in [6, 6.07) is -0.00880. The van der Waals surface area contributed by atoms with Gasteiger partial charge in [-0.2, -0.15) is 0 Å². The first-order chi connectivity index (χ1) is 7.08. The highest BCUT2D eigenvalue weighted by Crippen LogP contribution is 2.24. The summed E-state index contributed by atoms with van der Waals surface area (Å²) in [4.78, 5) is 6.10. The van der Waals surface area contributed by atoms with E-state index < -0.39 is 12.2 Å². The summed E-state index contributed by atoms with van der Waals surface area (Å²) in [6.07, 6.45) is 0.349. The Morgan fingerprint density at radius 3 is 2.53 bits per heavy atom. The number of nitrogens with zero attached hydrogens (tertiary/aromatic N) is 2. The van der Waals surface area contributed by atoms with Gasteiger partial charge in [-0.1, -0.05) is 0 Å². The molecule has 1 aliphatic rings. The predicted molar refractivity (Wildman–Crippen MR) is 53.2 cm³/mol. The van der Waals surface area contributed by atoms with Crippen molar-refractivity contribution < 1.29 is 14.6 Å². The van der Waals surface area contributed by atoms with E-state index in [0.29, 0.717) is 19.0 Å². The molecule has 1 fully saturated rings. The fourth-order valence-electron chi connectivity index (χ4n) is 1.84. The number of aliphatic hydroxyl groups excluding tert-OH is 2. The molecule has 1 aromatic heterocycles. The van der Waals surface area contributed by atoms with Crippen molar-refractivity contribution in [2.24, 2.45) is 0 Å². The summed E-state index contributed by atoms with van der Waals surface area (Å²) in [5.41, 5.74) is 0. The van der Waals surface area contributed by atoms with Crippen LogP contribution in [0.1, 0.15) is 24.6 Å². The number of hydrogen-bond acceptors (Lipinski definition) is 5. The van der Waals surface area contributed by atoms with Crippen LogP contribution in [0.5, 0.6) is 0 Å². The van der Waals surface area contributed by atoms with E-state index in [0.717, 1.165) is 5.76 Å². The Hall–Kier alpha value is -0.910. The van der Waals surface area contributed by atoms with E-state index in [4.69, 9.17) is 4.42 Å². The van der Waals surface area contributed by atoms with E-state index >= 15 is 0 Å². The van der Waals surface area contributed by atoms with Crippen LogP contribution >= 0.6 is 0 Å². The lowest BCUT2D eigenvalue weighted by atomic mass is 10.3. The number of aromatic nitrogens is 1. The van der Waals surface area contributed by atoms with Crippen LogP contribution in [0.25, 0.3) is 0 Å². The second-order valence-electron chi connectivity index (χ2n) is 4.07. The molecule has 1 aromatic rings. The summed E-state index contributed by atoms with van der Waals surface area (Å²) >= 11 is 0. The average Bonchev–Trinajstić information content (AvgIpc) is 2.74.